The van der Waals surface area contributed by atoms with Gasteiger partial charge in [-0.05, 0) is 41.9 Å². The lowest BCUT2D eigenvalue weighted by Gasteiger charge is -2.15. The smallest absolute Gasteiger partial charge is 0.0216 e. The molecule has 0 aliphatic carbocycles. The van der Waals surface area contributed by atoms with Crippen LogP contribution in [-0.4, -0.2) is 0 Å². The van der Waals surface area contributed by atoms with E-state index < -0.39 is 0 Å². The van der Waals surface area contributed by atoms with Gasteiger partial charge in [0.1, 0.15) is 0 Å². The third-order valence-corrected chi connectivity index (χ3v) is 2.73. The molecule has 1 radical (unpaired) electrons. The van der Waals surface area contributed by atoms with Crippen molar-refractivity contribution in [2.75, 3.05) is 0 Å². The molecule has 0 saturated heterocycles. The Morgan fingerprint density at radius 3 is 2.14 bits per heavy atom. The molecule has 0 N–H and O–H groups in total. The molecule has 0 heterocycles. The van der Waals surface area contributed by atoms with Crippen LogP contribution in [0.5, 0.6) is 0 Å². The number of benzene rings is 1. The van der Waals surface area contributed by atoms with Crippen molar-refractivity contribution in [3.63, 3.8) is 0 Å². The third-order valence-electron chi connectivity index (χ3n) is 2.73. The molecule has 14 heavy (non-hydrogen) atoms. The van der Waals surface area contributed by atoms with Gasteiger partial charge in [-0.2, -0.15) is 0 Å². The summed E-state index contributed by atoms with van der Waals surface area (Å²) < 4.78 is 0. The highest BCUT2D eigenvalue weighted by Crippen LogP contribution is 2.24. The van der Waals surface area contributed by atoms with Gasteiger partial charge in [0.2, 0.25) is 0 Å². The second-order valence-electron chi connectivity index (χ2n) is 4.52. The minimum absolute atomic E-state index is 0.602. The zero-order valence-electron chi connectivity index (χ0n) is 9.80. The summed E-state index contributed by atoms with van der Waals surface area (Å²) in [5.74, 6) is 1.22. The van der Waals surface area contributed by atoms with Crippen LogP contribution in [0.2, 0.25) is 0 Å². The first-order valence-corrected chi connectivity index (χ1v) is 5.48. The molecule has 0 aromatic heterocycles. The Kier molecular flexibility index (Phi) is 3.74. The van der Waals surface area contributed by atoms with Crippen LogP contribution in [0.15, 0.2) is 18.2 Å². The predicted molar refractivity (Wildman–Crippen MR) is 63.7 cm³/mol. The Hall–Kier alpha value is -0.780. The van der Waals surface area contributed by atoms with E-state index in [0.717, 1.165) is 6.42 Å². The van der Waals surface area contributed by atoms with E-state index in [2.05, 4.69) is 52.8 Å². The molecule has 0 saturated carbocycles. The zero-order chi connectivity index (χ0) is 10.7. The first-order chi connectivity index (χ1) is 6.56. The summed E-state index contributed by atoms with van der Waals surface area (Å²) >= 11 is 0. The van der Waals surface area contributed by atoms with Crippen molar-refractivity contribution in [3.8, 4) is 0 Å². The number of hydrogen-bond donors (Lipinski definition) is 0. The van der Waals surface area contributed by atoms with E-state index in [1.54, 1.807) is 0 Å². The fourth-order valence-corrected chi connectivity index (χ4v) is 1.74. The first kappa shape index (κ1) is 11.3. The van der Waals surface area contributed by atoms with Gasteiger partial charge in [-0.1, -0.05) is 45.9 Å². The van der Waals surface area contributed by atoms with E-state index in [1.165, 1.54) is 16.7 Å². The molecule has 0 nitrogen and oxygen atoms in total. The molecule has 0 atom stereocenters. The first-order valence-electron chi connectivity index (χ1n) is 5.48. The average molecular weight is 189 g/mol. The van der Waals surface area contributed by atoms with Crippen LogP contribution in [0.4, 0.5) is 0 Å². The molecule has 0 heteroatoms. The highest BCUT2D eigenvalue weighted by molar-refractivity contribution is 5.35. The van der Waals surface area contributed by atoms with Gasteiger partial charge >= 0.3 is 0 Å². The Morgan fingerprint density at radius 1 is 1.07 bits per heavy atom. The van der Waals surface area contributed by atoms with Crippen molar-refractivity contribution in [3.05, 3.63) is 41.8 Å². The van der Waals surface area contributed by atoms with E-state index in [-0.39, 0.29) is 0 Å². The average Bonchev–Trinajstić information content (AvgIpc) is 2.16. The fourth-order valence-electron chi connectivity index (χ4n) is 1.74. The van der Waals surface area contributed by atoms with E-state index in [0.29, 0.717) is 11.8 Å². The van der Waals surface area contributed by atoms with Crippen LogP contribution < -0.4 is 0 Å². The van der Waals surface area contributed by atoms with Gasteiger partial charge in [-0.3, -0.25) is 0 Å². The van der Waals surface area contributed by atoms with Crippen molar-refractivity contribution < 1.29 is 0 Å². The lowest BCUT2D eigenvalue weighted by Crippen LogP contribution is -1.98. The van der Waals surface area contributed by atoms with Crippen molar-refractivity contribution in [1.29, 1.82) is 0 Å². The number of hydrogen-bond acceptors (Lipinski definition) is 0. The molecule has 1 rings (SSSR count). The van der Waals surface area contributed by atoms with Gasteiger partial charge in [0.15, 0.2) is 0 Å². The highest BCUT2D eigenvalue weighted by atomic mass is 14.1. The Morgan fingerprint density at radius 2 is 1.71 bits per heavy atom. The maximum Gasteiger partial charge on any atom is -0.0216 e. The molecule has 1 aromatic rings. The Balaban J connectivity index is 3.14. The van der Waals surface area contributed by atoms with Crippen LogP contribution in [0.25, 0.3) is 0 Å². The topological polar surface area (TPSA) is 0 Å². The van der Waals surface area contributed by atoms with Crippen molar-refractivity contribution >= 4 is 0 Å². The minimum Gasteiger partial charge on any atom is -0.0587 e. The van der Waals surface area contributed by atoms with E-state index in [4.69, 9.17) is 0 Å². The normalized spacial score (nSPS) is 11.4. The highest BCUT2D eigenvalue weighted by Gasteiger charge is 2.07. The quantitative estimate of drug-likeness (QED) is 0.664. The summed E-state index contributed by atoms with van der Waals surface area (Å²) in [7, 11) is 0. The van der Waals surface area contributed by atoms with Crippen LogP contribution >= 0.6 is 0 Å². The Labute approximate surface area is 88.4 Å². The molecule has 0 amide bonds. The molecule has 0 aliphatic rings. The largest absolute Gasteiger partial charge is 0.0587 e. The van der Waals surface area contributed by atoms with Crippen LogP contribution in [-0.2, 0) is 6.42 Å². The second kappa shape index (κ2) is 4.63. The monoisotopic (exact) mass is 189 g/mol. The fraction of sp³-hybridized carbons (Fsp3) is 0.500. The van der Waals surface area contributed by atoms with E-state index in [1.807, 2.05) is 0 Å². The SMILES string of the molecule is [CH2]Cc1ccc(C(C)C)cc1C(C)C. The van der Waals surface area contributed by atoms with Gasteiger partial charge in [-0.15, -0.1) is 0 Å². The standard InChI is InChI=1S/C14H21/c1-6-12-7-8-13(10(2)3)9-14(12)11(4)5/h7-11H,1,6H2,2-5H3. The molecule has 77 valence electrons. The van der Waals surface area contributed by atoms with Gasteiger partial charge in [0, 0.05) is 0 Å². The molecule has 1 aromatic carbocycles. The molecule has 0 bridgehead atoms. The molecule has 0 unspecified atom stereocenters. The molecule has 0 spiro atoms. The second-order valence-corrected chi connectivity index (χ2v) is 4.52. The van der Waals surface area contributed by atoms with Gasteiger partial charge < -0.3 is 0 Å². The zero-order valence-corrected chi connectivity index (χ0v) is 9.80. The van der Waals surface area contributed by atoms with E-state index >= 15 is 0 Å². The lowest BCUT2D eigenvalue weighted by molar-refractivity contribution is 0.822. The van der Waals surface area contributed by atoms with Gasteiger partial charge in [0.25, 0.3) is 0 Å². The molecular weight excluding hydrogens is 168 g/mol. The van der Waals surface area contributed by atoms with Crippen molar-refractivity contribution in [2.24, 2.45) is 0 Å². The summed E-state index contributed by atoms with van der Waals surface area (Å²) in [6.45, 7) is 12.9. The lowest BCUT2D eigenvalue weighted by atomic mass is 9.91. The van der Waals surface area contributed by atoms with Crippen molar-refractivity contribution in [1.82, 2.24) is 0 Å². The van der Waals surface area contributed by atoms with Crippen LogP contribution in [0.3, 0.4) is 0 Å². The third kappa shape index (κ3) is 2.37. The summed E-state index contributed by atoms with van der Waals surface area (Å²) in [5, 5.41) is 0. The summed E-state index contributed by atoms with van der Waals surface area (Å²) in [4.78, 5) is 0. The Bertz CT molecular complexity index is 295. The predicted octanol–water partition coefficient (Wildman–Crippen LogP) is 4.31. The van der Waals surface area contributed by atoms with Crippen LogP contribution in [0.1, 0.15) is 56.2 Å². The summed E-state index contributed by atoms with van der Waals surface area (Å²) in [6, 6.07) is 6.81. The minimum atomic E-state index is 0.602. The summed E-state index contributed by atoms with van der Waals surface area (Å²) in [6.07, 6.45) is 0.895. The maximum atomic E-state index is 3.97. The van der Waals surface area contributed by atoms with Gasteiger partial charge in [0.05, 0.1) is 0 Å². The molecule has 0 fully saturated rings. The van der Waals surface area contributed by atoms with Gasteiger partial charge in [-0.25, -0.2) is 0 Å². The molecule has 0 aliphatic heterocycles. The molecular formula is C14H21. The number of rotatable bonds is 3. The summed E-state index contributed by atoms with van der Waals surface area (Å²) in [5.41, 5.74) is 4.29. The van der Waals surface area contributed by atoms with E-state index in [9.17, 15) is 0 Å². The maximum absolute atomic E-state index is 3.97. The van der Waals surface area contributed by atoms with Crippen LogP contribution in [0, 0.1) is 6.92 Å². The van der Waals surface area contributed by atoms with Crippen molar-refractivity contribution in [2.45, 2.75) is 46.0 Å².